The number of esters is 1. The molecule has 2 aromatic rings. The highest BCUT2D eigenvalue weighted by Gasteiger charge is 2.60. The summed E-state index contributed by atoms with van der Waals surface area (Å²) in [6.45, 7) is 1.99. The number of nitrogens with two attached hydrogens (primary N) is 1. The van der Waals surface area contributed by atoms with Crippen molar-refractivity contribution in [2.24, 2.45) is 11.7 Å². The molecule has 3 amide bonds. The van der Waals surface area contributed by atoms with Gasteiger partial charge in [0.15, 0.2) is 0 Å². The van der Waals surface area contributed by atoms with E-state index >= 15 is 0 Å². The van der Waals surface area contributed by atoms with Crippen LogP contribution in [-0.4, -0.2) is 36.3 Å². The van der Waals surface area contributed by atoms with E-state index in [4.69, 9.17) is 10.5 Å². The maximum absolute atomic E-state index is 13.3. The molecule has 0 radical (unpaired) electrons. The third kappa shape index (κ3) is 3.71. The van der Waals surface area contributed by atoms with E-state index in [1.54, 1.807) is 55.5 Å². The fourth-order valence-electron chi connectivity index (χ4n) is 4.53. The summed E-state index contributed by atoms with van der Waals surface area (Å²) in [4.78, 5) is 49.8. The molecule has 0 bridgehead atoms. The molecule has 3 unspecified atom stereocenters. The van der Waals surface area contributed by atoms with Crippen LogP contribution >= 0.6 is 0 Å². The third-order valence-electron chi connectivity index (χ3n) is 5.86. The molecule has 4 rings (SSSR count). The highest BCUT2D eigenvalue weighted by molar-refractivity contribution is 6.10. The highest BCUT2D eigenvalue weighted by Crippen LogP contribution is 2.47. The Labute approximate surface area is 184 Å². The highest BCUT2D eigenvalue weighted by atomic mass is 16.5. The van der Waals surface area contributed by atoms with Crippen LogP contribution < -0.4 is 21.7 Å². The lowest BCUT2D eigenvalue weighted by atomic mass is 9.79. The van der Waals surface area contributed by atoms with Crippen molar-refractivity contribution in [2.75, 3.05) is 17.2 Å². The molecule has 2 aliphatic heterocycles. The van der Waals surface area contributed by atoms with Crippen LogP contribution in [0.25, 0.3) is 0 Å². The van der Waals surface area contributed by atoms with Crippen LogP contribution in [0.2, 0.25) is 0 Å². The standard InChI is InChI=1S/C23H24N4O5/c1-2-32-21(30)13-7-9-14(10-8-13)25-20(29)17-11-15(12-19(24)28)27-23(17)16-5-3-4-6-18(16)26-22(23)31/h3-10,15,17,27H,2,11-12H2,1H3,(H2,24,28)(H,25,29)(H,26,31). The Morgan fingerprint density at radius 1 is 1.16 bits per heavy atom. The summed E-state index contributed by atoms with van der Waals surface area (Å²) in [5, 5.41) is 8.89. The summed E-state index contributed by atoms with van der Waals surface area (Å²) in [6, 6.07) is 13.1. The quantitative estimate of drug-likeness (QED) is 0.506. The minimum atomic E-state index is -1.30. The topological polar surface area (TPSA) is 140 Å². The zero-order valence-corrected chi connectivity index (χ0v) is 17.5. The van der Waals surface area contributed by atoms with Gasteiger partial charge in [-0.1, -0.05) is 18.2 Å². The maximum Gasteiger partial charge on any atom is 0.338 e. The van der Waals surface area contributed by atoms with Gasteiger partial charge >= 0.3 is 5.97 Å². The maximum atomic E-state index is 13.3. The number of para-hydroxylation sites is 1. The predicted octanol–water partition coefficient (Wildman–Crippen LogP) is 1.50. The number of nitrogens with one attached hydrogen (secondary N) is 3. The summed E-state index contributed by atoms with van der Waals surface area (Å²) >= 11 is 0. The molecule has 2 heterocycles. The van der Waals surface area contributed by atoms with Crippen molar-refractivity contribution in [3.05, 3.63) is 59.7 Å². The van der Waals surface area contributed by atoms with Crippen molar-refractivity contribution < 1.29 is 23.9 Å². The fraction of sp³-hybridized carbons (Fsp3) is 0.304. The molecule has 1 fully saturated rings. The summed E-state index contributed by atoms with van der Waals surface area (Å²) in [5.41, 5.74) is 6.21. The Morgan fingerprint density at radius 2 is 1.88 bits per heavy atom. The molecular formula is C23H24N4O5. The molecule has 0 aromatic heterocycles. The molecule has 2 aromatic carbocycles. The van der Waals surface area contributed by atoms with E-state index in [1.165, 1.54) is 0 Å². The van der Waals surface area contributed by atoms with E-state index in [9.17, 15) is 19.2 Å². The van der Waals surface area contributed by atoms with E-state index in [0.717, 1.165) is 0 Å². The van der Waals surface area contributed by atoms with Crippen LogP contribution in [0.5, 0.6) is 0 Å². The first kappa shape index (κ1) is 21.5. The van der Waals surface area contributed by atoms with Crippen LogP contribution in [-0.2, 0) is 24.7 Å². The Bertz CT molecular complexity index is 1080. The van der Waals surface area contributed by atoms with Gasteiger partial charge in [-0.2, -0.15) is 0 Å². The van der Waals surface area contributed by atoms with Crippen LogP contribution in [0.15, 0.2) is 48.5 Å². The molecule has 1 saturated heterocycles. The second-order valence-electron chi connectivity index (χ2n) is 7.89. The minimum absolute atomic E-state index is 0.00914. The van der Waals surface area contributed by atoms with Crippen LogP contribution in [0, 0.1) is 5.92 Å². The van der Waals surface area contributed by atoms with Crippen molar-refractivity contribution >= 4 is 35.1 Å². The summed E-state index contributed by atoms with van der Waals surface area (Å²) in [7, 11) is 0. The lowest BCUT2D eigenvalue weighted by Gasteiger charge is -2.29. The largest absolute Gasteiger partial charge is 0.462 e. The predicted molar refractivity (Wildman–Crippen MR) is 117 cm³/mol. The number of primary amides is 1. The van der Waals surface area contributed by atoms with Crippen molar-refractivity contribution in [1.82, 2.24) is 5.32 Å². The Morgan fingerprint density at radius 3 is 2.56 bits per heavy atom. The third-order valence-corrected chi connectivity index (χ3v) is 5.86. The lowest BCUT2D eigenvalue weighted by molar-refractivity contribution is -0.130. The van der Waals surface area contributed by atoms with Crippen molar-refractivity contribution in [3.8, 4) is 0 Å². The zero-order chi connectivity index (χ0) is 22.9. The van der Waals surface area contributed by atoms with Gasteiger partial charge in [-0.15, -0.1) is 0 Å². The number of carbonyl (C=O) groups is 4. The zero-order valence-electron chi connectivity index (χ0n) is 17.5. The van der Waals surface area contributed by atoms with Gasteiger partial charge in [0.1, 0.15) is 5.54 Å². The van der Waals surface area contributed by atoms with Gasteiger partial charge < -0.3 is 21.1 Å². The van der Waals surface area contributed by atoms with Gasteiger partial charge in [0.2, 0.25) is 17.7 Å². The number of rotatable bonds is 6. The first-order valence-electron chi connectivity index (χ1n) is 10.4. The molecule has 0 saturated carbocycles. The van der Waals surface area contributed by atoms with E-state index in [1.807, 2.05) is 0 Å². The second kappa shape index (κ2) is 8.43. The van der Waals surface area contributed by atoms with Gasteiger partial charge in [-0.3, -0.25) is 19.7 Å². The Kier molecular flexibility index (Phi) is 5.67. The summed E-state index contributed by atoms with van der Waals surface area (Å²) in [6.07, 6.45) is 0.270. The van der Waals surface area contributed by atoms with E-state index in [0.29, 0.717) is 22.5 Å². The number of ether oxygens (including phenoxy) is 1. The fourth-order valence-corrected chi connectivity index (χ4v) is 4.53. The normalized spacial score (nSPS) is 23.5. The van der Waals surface area contributed by atoms with E-state index in [-0.39, 0.29) is 31.3 Å². The minimum Gasteiger partial charge on any atom is -0.462 e. The first-order valence-corrected chi connectivity index (χ1v) is 10.4. The molecule has 3 atom stereocenters. The second-order valence-corrected chi connectivity index (χ2v) is 7.89. The first-order chi connectivity index (χ1) is 15.3. The summed E-state index contributed by atoms with van der Waals surface area (Å²) in [5.74, 6) is -2.46. The van der Waals surface area contributed by atoms with Crippen molar-refractivity contribution in [3.63, 3.8) is 0 Å². The van der Waals surface area contributed by atoms with Crippen LogP contribution in [0.4, 0.5) is 11.4 Å². The average molecular weight is 436 g/mol. The number of fused-ring (bicyclic) bond motifs is 2. The van der Waals surface area contributed by atoms with Gasteiger partial charge in [-0.25, -0.2) is 4.79 Å². The molecule has 32 heavy (non-hydrogen) atoms. The number of amides is 3. The number of hydrogen-bond acceptors (Lipinski definition) is 6. The molecule has 9 heteroatoms. The lowest BCUT2D eigenvalue weighted by Crippen LogP contribution is -2.52. The van der Waals surface area contributed by atoms with Gasteiger partial charge in [0.25, 0.3) is 0 Å². The van der Waals surface area contributed by atoms with Crippen molar-refractivity contribution in [2.45, 2.75) is 31.3 Å². The SMILES string of the molecule is CCOC(=O)c1ccc(NC(=O)C2CC(CC(N)=O)NC23C(=O)Nc2ccccc23)cc1. The molecule has 166 valence electrons. The number of anilines is 2. The monoisotopic (exact) mass is 436 g/mol. The van der Waals surface area contributed by atoms with Crippen molar-refractivity contribution in [1.29, 1.82) is 0 Å². The van der Waals surface area contributed by atoms with Crippen LogP contribution in [0.3, 0.4) is 0 Å². The van der Waals surface area contributed by atoms with E-state index < -0.39 is 29.4 Å². The van der Waals surface area contributed by atoms with Crippen LogP contribution in [0.1, 0.15) is 35.7 Å². The molecular weight excluding hydrogens is 412 g/mol. The van der Waals surface area contributed by atoms with Gasteiger partial charge in [0, 0.05) is 29.4 Å². The Hall–Kier alpha value is -3.72. The number of carbonyl (C=O) groups excluding carboxylic acids is 4. The molecule has 2 aliphatic rings. The molecule has 9 nitrogen and oxygen atoms in total. The van der Waals surface area contributed by atoms with E-state index in [2.05, 4.69) is 16.0 Å². The average Bonchev–Trinajstić information content (AvgIpc) is 3.27. The molecule has 5 N–H and O–H groups in total. The number of hydrogen-bond donors (Lipinski definition) is 4. The molecule has 1 spiro atoms. The Balaban J connectivity index is 1.61. The smallest absolute Gasteiger partial charge is 0.338 e. The summed E-state index contributed by atoms with van der Waals surface area (Å²) < 4.78 is 4.97. The van der Waals surface area contributed by atoms with Gasteiger partial charge in [0.05, 0.1) is 18.1 Å². The van der Waals surface area contributed by atoms with Gasteiger partial charge in [-0.05, 0) is 43.7 Å². The molecule has 0 aliphatic carbocycles. The number of benzene rings is 2.